The third-order valence-electron chi connectivity index (χ3n) is 3.37. The summed E-state index contributed by atoms with van der Waals surface area (Å²) in [4.78, 5) is 37.6. The molecule has 0 fully saturated rings. The number of nitrogens with one attached hydrogen (secondary N) is 1. The highest BCUT2D eigenvalue weighted by atomic mass is 16.2. The number of carbonyl (C=O) groups is 3. The third kappa shape index (κ3) is 2.98. The van der Waals surface area contributed by atoms with E-state index in [4.69, 9.17) is 0 Å². The molecule has 1 aliphatic rings. The van der Waals surface area contributed by atoms with Gasteiger partial charge in [-0.25, -0.2) is 0 Å². The number of nitrogens with zero attached hydrogens (tertiary/aromatic N) is 1. The van der Waals surface area contributed by atoms with Gasteiger partial charge in [0.05, 0.1) is 11.1 Å². The number of fused-ring (bicyclic) bond motifs is 1. The van der Waals surface area contributed by atoms with Crippen LogP contribution in [0.1, 0.15) is 44.9 Å². The molecule has 1 aromatic rings. The molecule has 1 heterocycles. The van der Waals surface area contributed by atoms with Crippen molar-refractivity contribution >= 4 is 17.7 Å². The molecule has 0 aromatic heterocycles. The lowest BCUT2D eigenvalue weighted by molar-refractivity contribution is 0.0671. The molecule has 2 rings (SSSR count). The molecule has 1 N–H and O–H groups in total. The lowest BCUT2D eigenvalue weighted by Crippen LogP contribution is -2.29. The maximum absolute atomic E-state index is 12.3. The van der Waals surface area contributed by atoms with Crippen molar-refractivity contribution in [3.05, 3.63) is 59.2 Å². The highest BCUT2D eigenvalue weighted by Crippen LogP contribution is 2.24. The molecular formula is C17H18N2O3. The van der Waals surface area contributed by atoms with Gasteiger partial charge in [0.25, 0.3) is 17.7 Å². The monoisotopic (exact) mass is 298 g/mol. The van der Waals surface area contributed by atoms with Gasteiger partial charge in [0.15, 0.2) is 0 Å². The summed E-state index contributed by atoms with van der Waals surface area (Å²) in [6.07, 6.45) is 7.18. The van der Waals surface area contributed by atoms with Crippen molar-refractivity contribution in [2.45, 2.75) is 13.8 Å². The smallest absolute Gasteiger partial charge is 0.261 e. The maximum Gasteiger partial charge on any atom is 0.261 e. The zero-order valence-electron chi connectivity index (χ0n) is 12.6. The van der Waals surface area contributed by atoms with Gasteiger partial charge in [-0.3, -0.25) is 19.3 Å². The molecule has 114 valence electrons. The molecule has 0 saturated carbocycles. The Morgan fingerprint density at radius 2 is 1.77 bits per heavy atom. The zero-order chi connectivity index (χ0) is 16.1. The van der Waals surface area contributed by atoms with E-state index in [2.05, 4.69) is 5.32 Å². The second kappa shape index (κ2) is 6.85. The Balaban J connectivity index is 2.23. The van der Waals surface area contributed by atoms with E-state index in [1.807, 2.05) is 26.0 Å². The van der Waals surface area contributed by atoms with Crippen molar-refractivity contribution in [3.8, 4) is 0 Å². The number of hydrogen-bond acceptors (Lipinski definition) is 3. The Kier molecular flexibility index (Phi) is 4.88. The normalized spacial score (nSPS) is 14.2. The van der Waals surface area contributed by atoms with Crippen molar-refractivity contribution in [3.63, 3.8) is 0 Å². The topological polar surface area (TPSA) is 66.5 Å². The molecular weight excluding hydrogens is 280 g/mol. The van der Waals surface area contributed by atoms with E-state index in [0.29, 0.717) is 17.7 Å². The first kappa shape index (κ1) is 15.7. The van der Waals surface area contributed by atoms with Crippen molar-refractivity contribution in [1.29, 1.82) is 0 Å². The van der Waals surface area contributed by atoms with Gasteiger partial charge in [0.1, 0.15) is 0 Å². The summed E-state index contributed by atoms with van der Waals surface area (Å²) in [6, 6.07) is 4.58. The second-order valence-corrected chi connectivity index (χ2v) is 4.83. The highest BCUT2D eigenvalue weighted by Gasteiger charge is 2.35. The molecule has 22 heavy (non-hydrogen) atoms. The van der Waals surface area contributed by atoms with E-state index in [1.165, 1.54) is 17.0 Å². The molecule has 1 aliphatic heterocycles. The average molecular weight is 298 g/mol. The van der Waals surface area contributed by atoms with Crippen LogP contribution in [0, 0.1) is 0 Å². The standard InChI is InChI=1S/C17H18N2O3/c1-3-5-9-18-15(20)12-7-8-13-14(11-12)17(22)19(16(13)21)10-6-4-2/h3-8,11H,9-10H2,1-2H3,(H,18,20). The molecule has 0 bridgehead atoms. The van der Waals surface area contributed by atoms with Gasteiger partial charge in [0.2, 0.25) is 0 Å². The van der Waals surface area contributed by atoms with E-state index < -0.39 is 0 Å². The number of carbonyl (C=O) groups excluding carboxylic acids is 3. The Morgan fingerprint density at radius 3 is 2.45 bits per heavy atom. The van der Waals surface area contributed by atoms with E-state index in [0.717, 1.165) is 0 Å². The van der Waals surface area contributed by atoms with Crippen molar-refractivity contribution in [2.75, 3.05) is 13.1 Å². The molecule has 0 spiro atoms. The van der Waals surface area contributed by atoms with Gasteiger partial charge >= 0.3 is 0 Å². The molecule has 3 amide bonds. The van der Waals surface area contributed by atoms with Gasteiger partial charge in [-0.2, -0.15) is 0 Å². The van der Waals surface area contributed by atoms with E-state index >= 15 is 0 Å². The molecule has 0 aliphatic carbocycles. The number of imide groups is 1. The van der Waals surface area contributed by atoms with Gasteiger partial charge in [0, 0.05) is 18.7 Å². The molecule has 1 aromatic carbocycles. The SMILES string of the molecule is CC=CCNC(=O)c1ccc2c(c1)C(=O)N(CC=CC)C2=O. The van der Waals surface area contributed by atoms with Crippen LogP contribution in [-0.2, 0) is 0 Å². The first-order valence-electron chi connectivity index (χ1n) is 7.11. The highest BCUT2D eigenvalue weighted by molar-refractivity contribution is 6.22. The summed E-state index contributed by atoms with van der Waals surface area (Å²) in [5.74, 6) is -0.951. The Labute approximate surface area is 129 Å². The summed E-state index contributed by atoms with van der Waals surface area (Å²) in [7, 11) is 0. The van der Waals surface area contributed by atoms with Crippen LogP contribution in [0.5, 0.6) is 0 Å². The summed E-state index contributed by atoms with van der Waals surface area (Å²) in [5, 5.41) is 2.72. The molecule has 0 saturated heterocycles. The van der Waals surface area contributed by atoms with E-state index in [1.54, 1.807) is 18.2 Å². The van der Waals surface area contributed by atoms with Gasteiger partial charge < -0.3 is 5.32 Å². The quantitative estimate of drug-likeness (QED) is 0.669. The second-order valence-electron chi connectivity index (χ2n) is 4.83. The van der Waals surface area contributed by atoms with Gasteiger partial charge in [-0.15, -0.1) is 0 Å². The van der Waals surface area contributed by atoms with Crippen LogP contribution in [0.15, 0.2) is 42.5 Å². The van der Waals surface area contributed by atoms with Crippen molar-refractivity contribution in [1.82, 2.24) is 10.2 Å². The average Bonchev–Trinajstić information content (AvgIpc) is 2.76. The number of rotatable bonds is 5. The van der Waals surface area contributed by atoms with Crippen molar-refractivity contribution in [2.24, 2.45) is 0 Å². The largest absolute Gasteiger partial charge is 0.349 e. The predicted molar refractivity (Wildman–Crippen MR) is 83.8 cm³/mol. The van der Waals surface area contributed by atoms with Gasteiger partial charge in [-0.1, -0.05) is 24.3 Å². The van der Waals surface area contributed by atoms with Crippen molar-refractivity contribution < 1.29 is 14.4 Å². The summed E-state index contributed by atoms with van der Waals surface area (Å²) in [6.45, 7) is 4.36. The Hall–Kier alpha value is -2.69. The fourth-order valence-corrected chi connectivity index (χ4v) is 2.18. The molecule has 0 unspecified atom stereocenters. The van der Waals surface area contributed by atoms with Crippen LogP contribution >= 0.6 is 0 Å². The first-order valence-corrected chi connectivity index (χ1v) is 7.11. The van der Waals surface area contributed by atoms with Crippen LogP contribution in [0.25, 0.3) is 0 Å². The van der Waals surface area contributed by atoms with Crippen LogP contribution in [0.3, 0.4) is 0 Å². The van der Waals surface area contributed by atoms with Crippen LogP contribution in [-0.4, -0.2) is 35.7 Å². The summed E-state index contributed by atoms with van der Waals surface area (Å²) < 4.78 is 0. The van der Waals surface area contributed by atoms with Crippen LogP contribution < -0.4 is 5.32 Å². The minimum Gasteiger partial charge on any atom is -0.349 e. The summed E-state index contributed by atoms with van der Waals surface area (Å²) >= 11 is 0. The summed E-state index contributed by atoms with van der Waals surface area (Å²) in [5.41, 5.74) is 1.00. The van der Waals surface area contributed by atoms with Crippen LogP contribution in [0.4, 0.5) is 0 Å². The Morgan fingerprint density at radius 1 is 1.09 bits per heavy atom. The van der Waals surface area contributed by atoms with E-state index in [-0.39, 0.29) is 29.8 Å². The minimum absolute atomic E-state index is 0.242. The van der Waals surface area contributed by atoms with Crippen LogP contribution in [0.2, 0.25) is 0 Å². The number of amides is 3. The molecule has 0 atom stereocenters. The first-order chi connectivity index (χ1) is 10.6. The van der Waals surface area contributed by atoms with Gasteiger partial charge in [-0.05, 0) is 32.0 Å². The minimum atomic E-state index is -0.360. The number of hydrogen-bond donors (Lipinski definition) is 1. The molecule has 5 heteroatoms. The van der Waals surface area contributed by atoms with E-state index in [9.17, 15) is 14.4 Å². The number of benzene rings is 1. The zero-order valence-corrected chi connectivity index (χ0v) is 12.6. The lowest BCUT2D eigenvalue weighted by Gasteiger charge is -2.09. The fraction of sp³-hybridized carbons (Fsp3) is 0.235. The number of allylic oxidation sites excluding steroid dienone is 2. The third-order valence-corrected chi connectivity index (χ3v) is 3.37. The lowest BCUT2D eigenvalue weighted by atomic mass is 10.1. The molecule has 0 radical (unpaired) electrons. The fourth-order valence-electron chi connectivity index (χ4n) is 2.18. The predicted octanol–water partition coefficient (Wildman–Crippen LogP) is 2.16. The Bertz CT molecular complexity index is 674. The molecule has 5 nitrogen and oxygen atoms in total. The maximum atomic E-state index is 12.3.